The maximum atomic E-state index is 11.6. The lowest BCUT2D eigenvalue weighted by atomic mass is 9.93. The molecule has 126 valence electrons. The number of nitrogens with zero attached hydrogens (tertiary/aromatic N) is 4. The van der Waals surface area contributed by atoms with Gasteiger partial charge in [0.2, 0.25) is 5.91 Å². The van der Waals surface area contributed by atoms with Crippen LogP contribution < -0.4 is 5.32 Å². The average molecular weight is 325 g/mol. The average Bonchev–Trinajstić information content (AvgIpc) is 2.57. The summed E-state index contributed by atoms with van der Waals surface area (Å²) < 4.78 is 0. The second-order valence-electron chi connectivity index (χ2n) is 6.37. The Labute approximate surface area is 142 Å². The largest absolute Gasteiger partial charge is 0.343 e. The van der Waals surface area contributed by atoms with Gasteiger partial charge in [0.25, 0.3) is 0 Å². The third kappa shape index (κ3) is 4.07. The van der Waals surface area contributed by atoms with Crippen LogP contribution >= 0.6 is 0 Å². The molecule has 1 aliphatic heterocycles. The van der Waals surface area contributed by atoms with E-state index in [2.05, 4.69) is 20.3 Å². The molecule has 2 aromatic heterocycles. The third-order valence-electron chi connectivity index (χ3n) is 4.44. The molecular weight excluding hydrogens is 302 g/mol. The molecule has 24 heavy (non-hydrogen) atoms. The molecule has 6 heteroatoms. The molecule has 6 nitrogen and oxygen atoms in total. The number of carbonyl (C=O) groups excluding carboxylic acids is 1. The van der Waals surface area contributed by atoms with Crippen LogP contribution in [0.4, 0.5) is 11.6 Å². The third-order valence-corrected chi connectivity index (χ3v) is 4.44. The first kappa shape index (κ1) is 16.4. The van der Waals surface area contributed by atoms with Crippen molar-refractivity contribution in [1.29, 1.82) is 0 Å². The standard InChI is InChI=1S/C18H23N5O/c1-13-5-3-7-19-18(13)22-17-10-16(20-12-21-17)9-15-6-4-8-23(11-15)14(2)24/h3,5,7,10,12,15H,4,6,8-9,11H2,1-2H3,(H,19,20,21,22). The summed E-state index contributed by atoms with van der Waals surface area (Å²) >= 11 is 0. The molecule has 0 bridgehead atoms. The zero-order valence-corrected chi connectivity index (χ0v) is 14.2. The molecule has 0 aliphatic carbocycles. The number of rotatable bonds is 4. The van der Waals surface area contributed by atoms with E-state index in [1.54, 1.807) is 19.4 Å². The number of aryl methyl sites for hydroxylation is 1. The molecule has 1 N–H and O–H groups in total. The van der Waals surface area contributed by atoms with Crippen LogP contribution in [0.5, 0.6) is 0 Å². The first-order chi connectivity index (χ1) is 11.6. The van der Waals surface area contributed by atoms with Gasteiger partial charge in [-0.1, -0.05) is 6.07 Å². The van der Waals surface area contributed by atoms with Crippen LogP contribution in [0.15, 0.2) is 30.7 Å². The van der Waals surface area contributed by atoms with Gasteiger partial charge in [-0.3, -0.25) is 4.79 Å². The van der Waals surface area contributed by atoms with Crippen molar-refractivity contribution in [2.24, 2.45) is 5.92 Å². The van der Waals surface area contributed by atoms with Crippen LogP contribution in [0.25, 0.3) is 0 Å². The van der Waals surface area contributed by atoms with Crippen molar-refractivity contribution < 1.29 is 4.79 Å². The summed E-state index contributed by atoms with van der Waals surface area (Å²) in [6, 6.07) is 5.90. The Bertz CT molecular complexity index is 718. The van der Waals surface area contributed by atoms with E-state index < -0.39 is 0 Å². The topological polar surface area (TPSA) is 71.0 Å². The number of hydrogen-bond acceptors (Lipinski definition) is 5. The SMILES string of the molecule is CC(=O)N1CCCC(Cc2cc(Nc3ncccc3C)ncn2)C1. The molecule has 0 radical (unpaired) electrons. The summed E-state index contributed by atoms with van der Waals surface area (Å²) in [6.45, 7) is 5.35. The maximum Gasteiger partial charge on any atom is 0.219 e. The molecule has 1 saturated heterocycles. The van der Waals surface area contributed by atoms with Crippen molar-refractivity contribution >= 4 is 17.5 Å². The smallest absolute Gasteiger partial charge is 0.219 e. The van der Waals surface area contributed by atoms with E-state index in [0.717, 1.165) is 55.2 Å². The zero-order chi connectivity index (χ0) is 16.9. The van der Waals surface area contributed by atoms with E-state index in [1.165, 1.54) is 0 Å². The van der Waals surface area contributed by atoms with Crippen LogP contribution in [0.1, 0.15) is 31.0 Å². The lowest BCUT2D eigenvalue weighted by Gasteiger charge is -2.31. The molecule has 1 unspecified atom stereocenters. The Morgan fingerprint density at radius 2 is 2.25 bits per heavy atom. The first-order valence-corrected chi connectivity index (χ1v) is 8.37. The number of pyridine rings is 1. The fourth-order valence-electron chi connectivity index (χ4n) is 3.13. The maximum absolute atomic E-state index is 11.6. The Morgan fingerprint density at radius 3 is 3.04 bits per heavy atom. The van der Waals surface area contributed by atoms with Gasteiger partial charge in [0, 0.05) is 38.0 Å². The zero-order valence-electron chi connectivity index (χ0n) is 14.2. The van der Waals surface area contributed by atoms with E-state index in [9.17, 15) is 4.79 Å². The van der Waals surface area contributed by atoms with E-state index >= 15 is 0 Å². The Balaban J connectivity index is 1.67. The molecular formula is C18H23N5O. The van der Waals surface area contributed by atoms with Crippen LogP contribution in [0.3, 0.4) is 0 Å². The minimum Gasteiger partial charge on any atom is -0.343 e. The van der Waals surface area contributed by atoms with Gasteiger partial charge in [-0.25, -0.2) is 15.0 Å². The van der Waals surface area contributed by atoms with Crippen molar-refractivity contribution in [3.63, 3.8) is 0 Å². The summed E-state index contributed by atoms with van der Waals surface area (Å²) in [7, 11) is 0. The van der Waals surface area contributed by atoms with E-state index in [4.69, 9.17) is 0 Å². The molecule has 1 fully saturated rings. The number of piperidine rings is 1. The minimum atomic E-state index is 0.162. The summed E-state index contributed by atoms with van der Waals surface area (Å²) in [6.07, 6.45) is 6.41. The highest BCUT2D eigenvalue weighted by Crippen LogP contribution is 2.22. The Kier molecular flexibility index (Phi) is 5.03. The van der Waals surface area contributed by atoms with Crippen LogP contribution in [-0.4, -0.2) is 38.8 Å². The summed E-state index contributed by atoms with van der Waals surface area (Å²) in [5, 5.41) is 3.25. The number of anilines is 2. The van der Waals surface area contributed by atoms with Crippen LogP contribution in [-0.2, 0) is 11.2 Å². The van der Waals surface area contributed by atoms with E-state index in [-0.39, 0.29) is 5.91 Å². The van der Waals surface area contributed by atoms with Gasteiger partial charge in [-0.15, -0.1) is 0 Å². The van der Waals surface area contributed by atoms with Crippen molar-refractivity contribution in [2.45, 2.75) is 33.1 Å². The highest BCUT2D eigenvalue weighted by Gasteiger charge is 2.22. The number of aromatic nitrogens is 3. The van der Waals surface area contributed by atoms with Crippen LogP contribution in [0.2, 0.25) is 0 Å². The van der Waals surface area contributed by atoms with Gasteiger partial charge < -0.3 is 10.2 Å². The summed E-state index contributed by atoms with van der Waals surface area (Å²) in [5.41, 5.74) is 2.07. The normalized spacial score (nSPS) is 17.6. The number of likely N-dealkylation sites (tertiary alicyclic amines) is 1. The number of hydrogen-bond donors (Lipinski definition) is 1. The fraction of sp³-hybridized carbons (Fsp3) is 0.444. The van der Waals surface area contributed by atoms with E-state index in [0.29, 0.717) is 5.92 Å². The molecule has 0 aromatic carbocycles. The van der Waals surface area contributed by atoms with Gasteiger partial charge in [0.1, 0.15) is 18.0 Å². The lowest BCUT2D eigenvalue weighted by molar-refractivity contribution is -0.130. The molecule has 1 atom stereocenters. The summed E-state index contributed by atoms with van der Waals surface area (Å²) in [5.74, 6) is 2.18. The lowest BCUT2D eigenvalue weighted by Crippen LogP contribution is -2.39. The molecule has 3 heterocycles. The second-order valence-corrected chi connectivity index (χ2v) is 6.37. The first-order valence-electron chi connectivity index (χ1n) is 8.37. The molecule has 0 saturated carbocycles. The van der Waals surface area contributed by atoms with Gasteiger partial charge in [-0.05, 0) is 43.7 Å². The molecule has 2 aromatic rings. The second kappa shape index (κ2) is 7.38. The minimum absolute atomic E-state index is 0.162. The van der Waals surface area contributed by atoms with Crippen LogP contribution in [0, 0.1) is 12.8 Å². The molecule has 0 spiro atoms. The van der Waals surface area contributed by atoms with Gasteiger partial charge in [-0.2, -0.15) is 0 Å². The fourth-order valence-corrected chi connectivity index (χ4v) is 3.13. The van der Waals surface area contributed by atoms with Crippen molar-refractivity contribution in [3.05, 3.63) is 42.0 Å². The van der Waals surface area contributed by atoms with Crippen molar-refractivity contribution in [1.82, 2.24) is 19.9 Å². The van der Waals surface area contributed by atoms with Gasteiger partial charge >= 0.3 is 0 Å². The van der Waals surface area contributed by atoms with Crippen molar-refractivity contribution in [3.8, 4) is 0 Å². The molecule has 1 amide bonds. The quantitative estimate of drug-likeness (QED) is 0.936. The summed E-state index contributed by atoms with van der Waals surface area (Å²) in [4.78, 5) is 26.5. The number of amides is 1. The highest BCUT2D eigenvalue weighted by molar-refractivity contribution is 5.73. The number of carbonyl (C=O) groups is 1. The van der Waals surface area contributed by atoms with Gasteiger partial charge in [0.15, 0.2) is 0 Å². The monoisotopic (exact) mass is 325 g/mol. The Hall–Kier alpha value is -2.50. The predicted molar refractivity (Wildman–Crippen MR) is 93.0 cm³/mol. The predicted octanol–water partition coefficient (Wildman–Crippen LogP) is 2.72. The van der Waals surface area contributed by atoms with Crippen molar-refractivity contribution in [2.75, 3.05) is 18.4 Å². The molecule has 1 aliphatic rings. The van der Waals surface area contributed by atoms with Gasteiger partial charge in [0.05, 0.1) is 0 Å². The Morgan fingerprint density at radius 1 is 1.38 bits per heavy atom. The van der Waals surface area contributed by atoms with E-state index in [1.807, 2.05) is 30.0 Å². The number of nitrogens with one attached hydrogen (secondary N) is 1. The highest BCUT2D eigenvalue weighted by atomic mass is 16.2. The molecule has 3 rings (SSSR count).